The van der Waals surface area contributed by atoms with Gasteiger partial charge in [0.1, 0.15) is 0 Å². The van der Waals surface area contributed by atoms with Crippen LogP contribution >= 0.6 is 0 Å². The molecule has 1 heterocycles. The number of carbonyl (C=O) groups excluding carboxylic acids is 1. The van der Waals surface area contributed by atoms with E-state index in [0.29, 0.717) is 0 Å². The van der Waals surface area contributed by atoms with E-state index in [-0.39, 0.29) is 22.7 Å². The highest BCUT2D eigenvalue weighted by atomic mass is 16.5. The number of carbonyl (C=O) groups is 1. The molecule has 1 aliphatic heterocycles. The second-order valence-corrected chi connectivity index (χ2v) is 9.32. The maximum atomic E-state index is 12.7. The van der Waals surface area contributed by atoms with Gasteiger partial charge >= 0.3 is 6.03 Å². The van der Waals surface area contributed by atoms with Crippen LogP contribution in [0.15, 0.2) is 30.3 Å². The van der Waals surface area contributed by atoms with E-state index < -0.39 is 0 Å². The predicted molar refractivity (Wildman–Crippen MR) is 111 cm³/mol. The molecule has 5 heteroatoms. The smallest absolute Gasteiger partial charge is 0.318 e. The quantitative estimate of drug-likeness (QED) is 0.811. The second kappa shape index (κ2) is 7.34. The molecule has 1 saturated heterocycles. The number of rotatable bonds is 6. The standard InChI is InChI=1S/C23H35N3O2/c1-25(2)23(19-8-5-4-6-9-19)14-12-21(13-15-23)18-24-20(27)26(21)17-16-22(28-3)10-7-11-22/h4-6,8-9H,7,10-18H2,1-3H3,(H,24,27). The van der Waals surface area contributed by atoms with Gasteiger partial charge in [-0.05, 0) is 71.0 Å². The van der Waals surface area contributed by atoms with E-state index in [2.05, 4.69) is 59.5 Å². The summed E-state index contributed by atoms with van der Waals surface area (Å²) in [4.78, 5) is 17.2. The van der Waals surface area contributed by atoms with Gasteiger partial charge in [0.05, 0.1) is 11.1 Å². The molecule has 28 heavy (non-hydrogen) atoms. The van der Waals surface area contributed by atoms with Gasteiger partial charge in [-0.15, -0.1) is 0 Å². The number of benzene rings is 1. The van der Waals surface area contributed by atoms with Gasteiger partial charge in [0, 0.05) is 25.7 Å². The molecule has 1 N–H and O–H groups in total. The van der Waals surface area contributed by atoms with Crippen molar-refractivity contribution in [3.05, 3.63) is 35.9 Å². The fourth-order valence-electron chi connectivity index (χ4n) is 5.75. The first-order valence-electron chi connectivity index (χ1n) is 10.8. The van der Waals surface area contributed by atoms with Crippen molar-refractivity contribution in [3.8, 4) is 0 Å². The van der Waals surface area contributed by atoms with E-state index in [4.69, 9.17) is 4.74 Å². The summed E-state index contributed by atoms with van der Waals surface area (Å²) in [6, 6.07) is 11.0. The molecule has 3 fully saturated rings. The SMILES string of the molecule is COC1(CCN2C(=O)NCC23CCC(c2ccccc2)(N(C)C)CC3)CCC1. The van der Waals surface area contributed by atoms with E-state index in [1.54, 1.807) is 0 Å². The zero-order chi connectivity index (χ0) is 19.8. The Hall–Kier alpha value is -1.59. The minimum atomic E-state index is -0.0376. The van der Waals surface area contributed by atoms with E-state index in [1.807, 2.05) is 7.11 Å². The largest absolute Gasteiger partial charge is 0.378 e. The van der Waals surface area contributed by atoms with E-state index in [9.17, 15) is 4.79 Å². The Morgan fingerprint density at radius 3 is 2.29 bits per heavy atom. The van der Waals surface area contributed by atoms with Gasteiger partial charge in [-0.2, -0.15) is 0 Å². The first kappa shape index (κ1) is 19.7. The monoisotopic (exact) mass is 385 g/mol. The number of hydrogen-bond acceptors (Lipinski definition) is 3. The zero-order valence-corrected chi connectivity index (χ0v) is 17.7. The fraction of sp³-hybridized carbons (Fsp3) is 0.696. The number of ether oxygens (including phenoxy) is 1. The first-order chi connectivity index (χ1) is 13.5. The predicted octanol–water partition coefficient (Wildman–Crippen LogP) is 3.74. The lowest BCUT2D eigenvalue weighted by Crippen LogP contribution is -2.56. The van der Waals surface area contributed by atoms with Gasteiger partial charge in [0.25, 0.3) is 0 Å². The van der Waals surface area contributed by atoms with Crippen molar-refractivity contribution in [2.24, 2.45) is 0 Å². The molecule has 5 nitrogen and oxygen atoms in total. The molecule has 154 valence electrons. The lowest BCUT2D eigenvalue weighted by atomic mass is 9.68. The Labute approximate surface area is 169 Å². The Kier molecular flexibility index (Phi) is 5.17. The van der Waals surface area contributed by atoms with Gasteiger partial charge < -0.3 is 15.0 Å². The van der Waals surface area contributed by atoms with Crippen LogP contribution in [0.4, 0.5) is 4.79 Å². The van der Waals surface area contributed by atoms with Crippen LogP contribution in [0.5, 0.6) is 0 Å². The van der Waals surface area contributed by atoms with E-state index in [0.717, 1.165) is 58.0 Å². The van der Waals surface area contributed by atoms with E-state index in [1.165, 1.54) is 12.0 Å². The molecule has 0 bridgehead atoms. The van der Waals surface area contributed by atoms with Crippen LogP contribution in [0, 0.1) is 0 Å². The number of amides is 2. The van der Waals surface area contributed by atoms with Crippen LogP contribution < -0.4 is 5.32 Å². The summed E-state index contributed by atoms with van der Waals surface area (Å²) in [5, 5.41) is 3.15. The fourth-order valence-corrected chi connectivity index (χ4v) is 5.75. The number of nitrogens with zero attached hydrogens (tertiary/aromatic N) is 2. The highest BCUT2D eigenvalue weighted by Gasteiger charge is 2.52. The van der Waals surface area contributed by atoms with Gasteiger partial charge in [-0.1, -0.05) is 30.3 Å². The third-order valence-corrected chi connectivity index (χ3v) is 8.05. The molecular weight excluding hydrogens is 350 g/mol. The molecule has 0 atom stereocenters. The van der Waals surface area contributed by atoms with Crippen LogP contribution in [-0.2, 0) is 10.3 Å². The zero-order valence-electron chi connectivity index (χ0n) is 17.7. The van der Waals surface area contributed by atoms with Crippen molar-refractivity contribution < 1.29 is 9.53 Å². The highest BCUT2D eigenvalue weighted by molar-refractivity contribution is 5.78. The average Bonchev–Trinajstić information content (AvgIpc) is 2.98. The highest BCUT2D eigenvalue weighted by Crippen LogP contribution is 2.48. The van der Waals surface area contributed by atoms with E-state index >= 15 is 0 Å². The van der Waals surface area contributed by atoms with Crippen LogP contribution in [0.3, 0.4) is 0 Å². The summed E-state index contributed by atoms with van der Waals surface area (Å²) in [7, 11) is 6.21. The van der Waals surface area contributed by atoms with Crippen molar-refractivity contribution in [2.75, 3.05) is 34.3 Å². The Morgan fingerprint density at radius 2 is 1.75 bits per heavy atom. The Bertz CT molecular complexity index is 686. The molecule has 4 rings (SSSR count). The van der Waals surface area contributed by atoms with Gasteiger partial charge in [-0.3, -0.25) is 4.90 Å². The van der Waals surface area contributed by atoms with Gasteiger partial charge in [-0.25, -0.2) is 4.79 Å². The topological polar surface area (TPSA) is 44.8 Å². The van der Waals surface area contributed by atoms with Crippen molar-refractivity contribution in [3.63, 3.8) is 0 Å². The maximum Gasteiger partial charge on any atom is 0.318 e. The molecule has 0 unspecified atom stereocenters. The molecule has 1 aromatic rings. The number of hydrogen-bond donors (Lipinski definition) is 1. The third-order valence-electron chi connectivity index (χ3n) is 8.05. The summed E-state index contributed by atoms with van der Waals surface area (Å²) >= 11 is 0. The van der Waals surface area contributed by atoms with Crippen molar-refractivity contribution in [1.29, 1.82) is 0 Å². The van der Waals surface area contributed by atoms with Crippen LogP contribution in [0.25, 0.3) is 0 Å². The van der Waals surface area contributed by atoms with Crippen LogP contribution in [-0.4, -0.2) is 61.3 Å². The summed E-state index contributed by atoms with van der Waals surface area (Å²) in [5.41, 5.74) is 1.43. The Morgan fingerprint density at radius 1 is 1.07 bits per heavy atom. The summed E-state index contributed by atoms with van der Waals surface area (Å²) < 4.78 is 5.80. The average molecular weight is 386 g/mol. The third kappa shape index (κ3) is 3.13. The molecule has 1 spiro atoms. The minimum absolute atomic E-state index is 0.0101. The molecule has 2 amide bonds. The molecule has 2 aliphatic carbocycles. The van der Waals surface area contributed by atoms with Gasteiger partial charge in [0.15, 0.2) is 0 Å². The maximum absolute atomic E-state index is 12.7. The molecular formula is C23H35N3O2. The number of nitrogens with one attached hydrogen (secondary N) is 1. The lowest BCUT2D eigenvalue weighted by Gasteiger charge is -2.51. The van der Waals surface area contributed by atoms with Crippen LogP contribution in [0.2, 0.25) is 0 Å². The molecule has 0 aromatic heterocycles. The van der Waals surface area contributed by atoms with Crippen molar-refractivity contribution in [1.82, 2.24) is 15.1 Å². The molecule has 2 saturated carbocycles. The lowest BCUT2D eigenvalue weighted by molar-refractivity contribution is -0.0844. The Balaban J connectivity index is 1.50. The number of urea groups is 1. The molecule has 3 aliphatic rings. The normalized spacial score (nSPS) is 31.9. The summed E-state index contributed by atoms with van der Waals surface area (Å²) in [5.74, 6) is 0. The molecule has 1 aromatic carbocycles. The summed E-state index contributed by atoms with van der Waals surface area (Å²) in [6.07, 6.45) is 8.69. The minimum Gasteiger partial charge on any atom is -0.378 e. The summed E-state index contributed by atoms with van der Waals surface area (Å²) in [6.45, 7) is 1.59. The van der Waals surface area contributed by atoms with Crippen molar-refractivity contribution in [2.45, 2.75) is 68.0 Å². The van der Waals surface area contributed by atoms with Gasteiger partial charge in [0.2, 0.25) is 0 Å². The van der Waals surface area contributed by atoms with Crippen molar-refractivity contribution >= 4 is 6.03 Å². The molecule has 0 radical (unpaired) electrons. The second-order valence-electron chi connectivity index (χ2n) is 9.32. The number of methoxy groups -OCH3 is 1. The van der Waals surface area contributed by atoms with Crippen LogP contribution in [0.1, 0.15) is 56.9 Å². The first-order valence-corrected chi connectivity index (χ1v) is 10.8.